The standard InChI is InChI=1S/C20H13ClF3NO5/c1-10(18(27)25-14-7-6-11(21)8-13(14)20(22,23)24)29-19(28)17-9-15(26)12-4-2-3-5-16(12)30-17/h2-10H,1H3,(H,25,27). The summed E-state index contributed by atoms with van der Waals surface area (Å²) < 4.78 is 49.7. The molecule has 0 aliphatic heterocycles. The number of hydrogen-bond acceptors (Lipinski definition) is 5. The minimum Gasteiger partial charge on any atom is -0.449 e. The number of hydrogen-bond donors (Lipinski definition) is 1. The third-order valence-electron chi connectivity index (χ3n) is 4.03. The van der Waals surface area contributed by atoms with Gasteiger partial charge in [0.1, 0.15) is 5.58 Å². The molecule has 0 fully saturated rings. The molecule has 0 aliphatic rings. The van der Waals surface area contributed by atoms with Crippen molar-refractivity contribution >= 4 is 40.1 Å². The molecule has 6 nitrogen and oxygen atoms in total. The third-order valence-corrected chi connectivity index (χ3v) is 4.27. The number of rotatable bonds is 4. The van der Waals surface area contributed by atoms with Crippen LogP contribution in [0.25, 0.3) is 11.0 Å². The summed E-state index contributed by atoms with van der Waals surface area (Å²) in [6.45, 7) is 1.16. The number of anilines is 1. The van der Waals surface area contributed by atoms with E-state index in [1.165, 1.54) is 18.2 Å². The number of para-hydroxylation sites is 1. The number of nitrogens with one attached hydrogen (secondary N) is 1. The zero-order chi connectivity index (χ0) is 22.1. The number of fused-ring (bicyclic) bond motifs is 1. The van der Waals surface area contributed by atoms with Gasteiger partial charge in [-0.05, 0) is 37.3 Å². The summed E-state index contributed by atoms with van der Waals surface area (Å²) in [6, 6.07) is 9.94. The molecule has 3 aromatic rings. The first-order valence-corrected chi connectivity index (χ1v) is 8.85. The molecule has 0 spiro atoms. The van der Waals surface area contributed by atoms with Gasteiger partial charge in [-0.15, -0.1) is 0 Å². The summed E-state index contributed by atoms with van der Waals surface area (Å²) >= 11 is 5.59. The Bertz CT molecular complexity index is 1190. The van der Waals surface area contributed by atoms with E-state index in [4.69, 9.17) is 20.8 Å². The Balaban J connectivity index is 1.77. The first-order chi connectivity index (χ1) is 14.1. The van der Waals surface area contributed by atoms with Crippen molar-refractivity contribution in [2.45, 2.75) is 19.2 Å². The minimum absolute atomic E-state index is 0.144. The predicted octanol–water partition coefficient (Wildman–Crippen LogP) is 4.65. The molecule has 10 heteroatoms. The molecule has 3 rings (SSSR count). The number of amides is 1. The lowest BCUT2D eigenvalue weighted by Crippen LogP contribution is -2.31. The molecule has 1 aromatic heterocycles. The maximum absolute atomic E-state index is 13.1. The maximum atomic E-state index is 13.1. The SMILES string of the molecule is CC(OC(=O)c1cc(=O)c2ccccc2o1)C(=O)Nc1ccc(Cl)cc1C(F)(F)F. The van der Waals surface area contributed by atoms with Gasteiger partial charge < -0.3 is 14.5 Å². The number of carbonyl (C=O) groups excluding carboxylic acids is 2. The van der Waals surface area contributed by atoms with Gasteiger partial charge in [-0.3, -0.25) is 9.59 Å². The second kappa shape index (κ2) is 8.19. The zero-order valence-electron chi connectivity index (χ0n) is 15.2. The summed E-state index contributed by atoms with van der Waals surface area (Å²) in [7, 11) is 0. The molecule has 2 aromatic carbocycles. The van der Waals surface area contributed by atoms with Gasteiger partial charge in [0.2, 0.25) is 5.76 Å². The fraction of sp³-hybridized carbons (Fsp3) is 0.150. The second-order valence-electron chi connectivity index (χ2n) is 6.20. The predicted molar refractivity (Wildman–Crippen MR) is 102 cm³/mol. The Hall–Kier alpha value is -3.33. The molecule has 0 aliphatic carbocycles. The van der Waals surface area contributed by atoms with Gasteiger partial charge in [0.05, 0.1) is 16.6 Å². The topological polar surface area (TPSA) is 85.6 Å². The van der Waals surface area contributed by atoms with E-state index in [0.717, 1.165) is 19.1 Å². The summed E-state index contributed by atoms with van der Waals surface area (Å²) in [5, 5.41) is 2.15. The van der Waals surface area contributed by atoms with Gasteiger partial charge >= 0.3 is 12.1 Å². The van der Waals surface area contributed by atoms with Crippen molar-refractivity contribution in [1.29, 1.82) is 0 Å². The number of halogens is 4. The number of esters is 1. The Morgan fingerprint density at radius 2 is 1.83 bits per heavy atom. The van der Waals surface area contributed by atoms with Gasteiger partial charge in [-0.25, -0.2) is 4.79 Å². The molecule has 156 valence electrons. The van der Waals surface area contributed by atoms with Gasteiger partial charge in [-0.1, -0.05) is 23.7 Å². The van der Waals surface area contributed by atoms with Crippen LogP contribution in [0.2, 0.25) is 5.02 Å². The van der Waals surface area contributed by atoms with E-state index in [2.05, 4.69) is 5.32 Å². The molecule has 1 atom stereocenters. The van der Waals surface area contributed by atoms with E-state index in [0.29, 0.717) is 6.07 Å². The molecule has 1 amide bonds. The van der Waals surface area contributed by atoms with Crippen molar-refractivity contribution in [3.8, 4) is 0 Å². The van der Waals surface area contributed by atoms with Crippen LogP contribution in [0.3, 0.4) is 0 Å². The van der Waals surface area contributed by atoms with Crippen LogP contribution in [0.1, 0.15) is 23.0 Å². The van der Waals surface area contributed by atoms with E-state index in [-0.39, 0.29) is 16.0 Å². The van der Waals surface area contributed by atoms with E-state index in [9.17, 15) is 27.6 Å². The third kappa shape index (κ3) is 4.62. The van der Waals surface area contributed by atoms with E-state index in [1.54, 1.807) is 12.1 Å². The highest BCUT2D eigenvalue weighted by Crippen LogP contribution is 2.36. The van der Waals surface area contributed by atoms with Crippen LogP contribution < -0.4 is 10.7 Å². The first-order valence-electron chi connectivity index (χ1n) is 8.48. The average Bonchev–Trinajstić information content (AvgIpc) is 2.68. The Labute approximate surface area is 172 Å². The van der Waals surface area contributed by atoms with Crippen molar-refractivity contribution in [2.75, 3.05) is 5.32 Å². The monoisotopic (exact) mass is 439 g/mol. The van der Waals surface area contributed by atoms with Gasteiger partial charge in [0, 0.05) is 11.1 Å². The molecule has 0 bridgehead atoms. The number of ether oxygens (including phenoxy) is 1. The molecular formula is C20H13ClF3NO5. The van der Waals surface area contributed by atoms with Gasteiger partial charge in [-0.2, -0.15) is 13.2 Å². The van der Waals surface area contributed by atoms with Crippen LogP contribution in [0.5, 0.6) is 0 Å². The Morgan fingerprint density at radius 3 is 2.53 bits per heavy atom. The van der Waals surface area contributed by atoms with Crippen molar-refractivity contribution in [1.82, 2.24) is 0 Å². The summed E-state index contributed by atoms with van der Waals surface area (Å²) in [4.78, 5) is 36.5. The maximum Gasteiger partial charge on any atom is 0.418 e. The lowest BCUT2D eigenvalue weighted by atomic mass is 10.1. The Morgan fingerprint density at radius 1 is 1.13 bits per heavy atom. The Kier molecular flexibility index (Phi) is 5.84. The van der Waals surface area contributed by atoms with Crippen molar-refractivity contribution in [3.63, 3.8) is 0 Å². The highest BCUT2D eigenvalue weighted by Gasteiger charge is 2.34. The molecule has 1 heterocycles. The van der Waals surface area contributed by atoms with Crippen LogP contribution in [0.15, 0.2) is 57.7 Å². The fourth-order valence-corrected chi connectivity index (χ4v) is 2.74. The normalized spacial score (nSPS) is 12.4. The molecule has 0 saturated carbocycles. The molecule has 1 N–H and O–H groups in total. The lowest BCUT2D eigenvalue weighted by molar-refractivity contribution is -0.137. The lowest BCUT2D eigenvalue weighted by Gasteiger charge is -2.17. The minimum atomic E-state index is -4.76. The number of alkyl halides is 3. The van der Waals surface area contributed by atoms with Crippen LogP contribution in [-0.2, 0) is 15.7 Å². The molecule has 0 saturated heterocycles. The van der Waals surface area contributed by atoms with Gasteiger partial charge in [0.15, 0.2) is 11.5 Å². The molecule has 30 heavy (non-hydrogen) atoms. The first kappa shape index (κ1) is 21.4. The fourth-order valence-electron chi connectivity index (χ4n) is 2.57. The van der Waals surface area contributed by atoms with Gasteiger partial charge in [0.25, 0.3) is 5.91 Å². The summed E-state index contributed by atoms with van der Waals surface area (Å²) in [5.74, 6) is -2.58. The van der Waals surface area contributed by atoms with Crippen molar-refractivity contribution in [3.05, 3.63) is 75.1 Å². The van der Waals surface area contributed by atoms with Crippen LogP contribution >= 0.6 is 11.6 Å². The van der Waals surface area contributed by atoms with E-state index in [1.807, 2.05) is 0 Å². The smallest absolute Gasteiger partial charge is 0.418 e. The number of carbonyl (C=O) groups is 2. The van der Waals surface area contributed by atoms with Crippen LogP contribution in [0, 0.1) is 0 Å². The van der Waals surface area contributed by atoms with E-state index >= 15 is 0 Å². The van der Waals surface area contributed by atoms with Crippen molar-refractivity contribution < 1.29 is 31.9 Å². The van der Waals surface area contributed by atoms with Crippen LogP contribution in [0.4, 0.5) is 18.9 Å². The van der Waals surface area contributed by atoms with Crippen molar-refractivity contribution in [2.24, 2.45) is 0 Å². The second-order valence-corrected chi connectivity index (χ2v) is 6.63. The average molecular weight is 440 g/mol. The summed E-state index contributed by atoms with van der Waals surface area (Å²) in [5.41, 5.74) is -2.04. The molecule has 0 radical (unpaired) electrons. The largest absolute Gasteiger partial charge is 0.449 e. The van der Waals surface area contributed by atoms with Crippen LogP contribution in [-0.4, -0.2) is 18.0 Å². The number of benzene rings is 2. The highest BCUT2D eigenvalue weighted by molar-refractivity contribution is 6.30. The molecular weight excluding hydrogens is 427 g/mol. The summed E-state index contributed by atoms with van der Waals surface area (Å²) in [6.07, 6.45) is -6.24. The zero-order valence-corrected chi connectivity index (χ0v) is 16.0. The molecule has 1 unspecified atom stereocenters. The van der Waals surface area contributed by atoms with E-state index < -0.39 is 46.6 Å². The quantitative estimate of drug-likeness (QED) is 0.598. The highest BCUT2D eigenvalue weighted by atomic mass is 35.5.